The number of fused-ring (bicyclic) bond motifs is 1. The fourth-order valence-electron chi connectivity index (χ4n) is 2.01. The predicted octanol–water partition coefficient (Wildman–Crippen LogP) is 2.22. The van der Waals surface area contributed by atoms with Crippen molar-refractivity contribution in [3.05, 3.63) is 48.3 Å². The average molecular weight is 268 g/mol. The second-order valence-corrected chi connectivity index (χ2v) is 4.19. The maximum absolute atomic E-state index is 12.3. The van der Waals surface area contributed by atoms with E-state index in [9.17, 15) is 4.79 Å². The van der Waals surface area contributed by atoms with Crippen molar-refractivity contribution in [2.24, 2.45) is 0 Å². The molecule has 0 saturated carbocycles. The SMILES string of the molecule is COc1cc2ccccc2cc1C(=O)Nc1ncn[nH]1. The molecule has 3 rings (SSSR count). The van der Waals surface area contributed by atoms with Crippen LogP contribution in [0.15, 0.2) is 42.7 Å². The van der Waals surface area contributed by atoms with E-state index in [-0.39, 0.29) is 5.91 Å². The molecule has 2 aromatic carbocycles. The molecule has 1 heterocycles. The number of aromatic amines is 1. The lowest BCUT2D eigenvalue weighted by atomic mass is 10.1. The highest BCUT2D eigenvalue weighted by molar-refractivity contribution is 6.08. The number of methoxy groups -OCH3 is 1. The van der Waals surface area contributed by atoms with Crippen LogP contribution in [0.3, 0.4) is 0 Å². The molecule has 1 aromatic heterocycles. The Morgan fingerprint density at radius 2 is 2.00 bits per heavy atom. The number of H-pyrrole nitrogens is 1. The maximum Gasteiger partial charge on any atom is 0.261 e. The van der Waals surface area contributed by atoms with E-state index in [2.05, 4.69) is 20.5 Å². The molecule has 0 spiro atoms. The molecule has 3 aromatic rings. The third-order valence-corrected chi connectivity index (χ3v) is 2.96. The molecule has 0 aliphatic carbocycles. The lowest BCUT2D eigenvalue weighted by Crippen LogP contribution is -2.14. The minimum absolute atomic E-state index is 0.296. The van der Waals surface area contributed by atoms with Crippen molar-refractivity contribution in [1.82, 2.24) is 15.2 Å². The number of rotatable bonds is 3. The second-order valence-electron chi connectivity index (χ2n) is 4.19. The summed E-state index contributed by atoms with van der Waals surface area (Å²) in [5.41, 5.74) is 0.447. The number of nitrogens with one attached hydrogen (secondary N) is 2. The number of hydrogen-bond donors (Lipinski definition) is 2. The number of nitrogens with zero attached hydrogens (tertiary/aromatic N) is 2. The summed E-state index contributed by atoms with van der Waals surface area (Å²) < 4.78 is 5.29. The zero-order valence-corrected chi connectivity index (χ0v) is 10.8. The van der Waals surface area contributed by atoms with Gasteiger partial charge in [-0.1, -0.05) is 24.3 Å². The summed E-state index contributed by atoms with van der Waals surface area (Å²) in [5.74, 6) is 0.510. The lowest BCUT2D eigenvalue weighted by molar-refractivity contribution is 0.102. The van der Waals surface area contributed by atoms with Gasteiger partial charge in [-0.25, -0.2) is 5.10 Å². The minimum atomic E-state index is -0.302. The molecule has 0 aliphatic rings. The Balaban J connectivity index is 2.02. The van der Waals surface area contributed by atoms with E-state index < -0.39 is 0 Å². The van der Waals surface area contributed by atoms with Crippen LogP contribution in [0, 0.1) is 0 Å². The number of ether oxygens (including phenoxy) is 1. The van der Waals surface area contributed by atoms with Crippen LogP contribution in [0.4, 0.5) is 5.95 Å². The Bertz CT molecular complexity index is 753. The Morgan fingerprint density at radius 1 is 1.25 bits per heavy atom. The van der Waals surface area contributed by atoms with Gasteiger partial charge in [0.05, 0.1) is 12.7 Å². The van der Waals surface area contributed by atoms with Gasteiger partial charge in [0.1, 0.15) is 12.1 Å². The van der Waals surface area contributed by atoms with Gasteiger partial charge >= 0.3 is 0 Å². The van der Waals surface area contributed by atoms with Crippen molar-refractivity contribution in [1.29, 1.82) is 0 Å². The van der Waals surface area contributed by atoms with Gasteiger partial charge in [0, 0.05) is 0 Å². The number of hydrogen-bond acceptors (Lipinski definition) is 4. The molecule has 1 amide bonds. The zero-order valence-electron chi connectivity index (χ0n) is 10.8. The third-order valence-electron chi connectivity index (χ3n) is 2.96. The van der Waals surface area contributed by atoms with Crippen molar-refractivity contribution < 1.29 is 9.53 Å². The van der Waals surface area contributed by atoms with Crippen LogP contribution in [-0.4, -0.2) is 28.2 Å². The van der Waals surface area contributed by atoms with Crippen LogP contribution in [0.2, 0.25) is 0 Å². The van der Waals surface area contributed by atoms with Crippen LogP contribution >= 0.6 is 0 Å². The number of benzene rings is 2. The maximum atomic E-state index is 12.3. The highest BCUT2D eigenvalue weighted by Crippen LogP contribution is 2.26. The summed E-state index contributed by atoms with van der Waals surface area (Å²) in [6.07, 6.45) is 1.33. The van der Waals surface area contributed by atoms with Crippen molar-refractivity contribution in [3.8, 4) is 5.75 Å². The molecule has 6 nitrogen and oxygen atoms in total. The molecule has 0 aliphatic heterocycles. The van der Waals surface area contributed by atoms with E-state index >= 15 is 0 Å². The van der Waals surface area contributed by atoms with E-state index in [4.69, 9.17) is 4.74 Å². The molecule has 2 N–H and O–H groups in total. The monoisotopic (exact) mass is 268 g/mol. The number of carbonyl (C=O) groups excluding carboxylic acids is 1. The Labute approximate surface area is 114 Å². The van der Waals surface area contributed by atoms with Crippen molar-refractivity contribution in [2.75, 3.05) is 12.4 Å². The first kappa shape index (κ1) is 12.2. The number of aromatic nitrogens is 3. The molecule has 0 saturated heterocycles. The van der Waals surface area contributed by atoms with Crippen molar-refractivity contribution in [3.63, 3.8) is 0 Å². The number of carbonyl (C=O) groups is 1. The normalized spacial score (nSPS) is 10.4. The van der Waals surface area contributed by atoms with Crippen LogP contribution in [0.1, 0.15) is 10.4 Å². The summed E-state index contributed by atoms with van der Waals surface area (Å²) in [4.78, 5) is 16.1. The van der Waals surface area contributed by atoms with Gasteiger partial charge in [0.15, 0.2) is 0 Å². The topological polar surface area (TPSA) is 79.9 Å². The highest BCUT2D eigenvalue weighted by Gasteiger charge is 2.14. The first-order valence-corrected chi connectivity index (χ1v) is 6.01. The predicted molar refractivity (Wildman–Crippen MR) is 74.8 cm³/mol. The summed E-state index contributed by atoms with van der Waals surface area (Å²) in [5, 5.41) is 10.9. The fraction of sp³-hybridized carbons (Fsp3) is 0.0714. The van der Waals surface area contributed by atoms with Gasteiger partial charge in [0.25, 0.3) is 5.91 Å². The number of anilines is 1. The van der Waals surface area contributed by atoms with Gasteiger partial charge in [-0.3, -0.25) is 10.1 Å². The van der Waals surface area contributed by atoms with E-state index in [0.717, 1.165) is 10.8 Å². The van der Waals surface area contributed by atoms with Gasteiger partial charge in [-0.05, 0) is 22.9 Å². The molecule has 0 bridgehead atoms. The molecule has 20 heavy (non-hydrogen) atoms. The fourth-order valence-corrected chi connectivity index (χ4v) is 2.01. The molecule has 6 heteroatoms. The van der Waals surface area contributed by atoms with E-state index in [1.54, 1.807) is 6.07 Å². The molecule has 0 unspecified atom stereocenters. The molecule has 0 fully saturated rings. The number of amides is 1. The first-order chi connectivity index (χ1) is 9.78. The Hall–Kier alpha value is -2.89. The molecular formula is C14H12N4O2. The quantitative estimate of drug-likeness (QED) is 0.763. The largest absolute Gasteiger partial charge is 0.496 e. The van der Waals surface area contributed by atoms with E-state index in [1.807, 2.05) is 30.3 Å². The van der Waals surface area contributed by atoms with Gasteiger partial charge in [0.2, 0.25) is 5.95 Å². The lowest BCUT2D eigenvalue weighted by Gasteiger charge is -2.09. The standard InChI is InChI=1S/C14H12N4O2/c1-20-12-7-10-5-3-2-4-9(10)6-11(12)13(19)17-14-15-8-16-18-14/h2-8H,1H3,(H2,15,16,17,18,19). The second kappa shape index (κ2) is 5.00. The summed E-state index contributed by atoms with van der Waals surface area (Å²) in [6.45, 7) is 0. The zero-order chi connectivity index (χ0) is 13.9. The Kier molecular flexibility index (Phi) is 3.04. The van der Waals surface area contributed by atoms with Crippen LogP contribution in [-0.2, 0) is 0 Å². The van der Waals surface area contributed by atoms with Gasteiger partial charge in [-0.2, -0.15) is 10.1 Å². The van der Waals surface area contributed by atoms with E-state index in [1.165, 1.54) is 13.4 Å². The van der Waals surface area contributed by atoms with Crippen LogP contribution in [0.5, 0.6) is 5.75 Å². The molecule has 100 valence electrons. The van der Waals surface area contributed by atoms with Crippen molar-refractivity contribution >= 4 is 22.6 Å². The molecule has 0 radical (unpaired) electrons. The smallest absolute Gasteiger partial charge is 0.261 e. The van der Waals surface area contributed by atoms with Gasteiger partial charge in [-0.15, -0.1) is 0 Å². The molecular weight excluding hydrogens is 256 g/mol. The van der Waals surface area contributed by atoms with Crippen molar-refractivity contribution in [2.45, 2.75) is 0 Å². The summed E-state index contributed by atoms with van der Waals surface area (Å²) in [7, 11) is 1.54. The average Bonchev–Trinajstić information content (AvgIpc) is 2.98. The summed E-state index contributed by atoms with van der Waals surface area (Å²) in [6, 6.07) is 11.4. The first-order valence-electron chi connectivity index (χ1n) is 6.01. The summed E-state index contributed by atoms with van der Waals surface area (Å²) >= 11 is 0. The van der Waals surface area contributed by atoms with Gasteiger partial charge < -0.3 is 4.74 Å². The Morgan fingerprint density at radius 3 is 2.65 bits per heavy atom. The molecule has 0 atom stereocenters. The van der Waals surface area contributed by atoms with Crippen LogP contribution in [0.25, 0.3) is 10.8 Å². The third kappa shape index (κ3) is 2.18. The highest BCUT2D eigenvalue weighted by atomic mass is 16.5. The minimum Gasteiger partial charge on any atom is -0.496 e. The van der Waals surface area contributed by atoms with E-state index in [0.29, 0.717) is 17.3 Å². The van der Waals surface area contributed by atoms with Crippen LogP contribution < -0.4 is 10.1 Å².